The summed E-state index contributed by atoms with van der Waals surface area (Å²) in [5.41, 5.74) is 5.76. The monoisotopic (exact) mass is 973 g/mol. The lowest BCUT2D eigenvalue weighted by Crippen LogP contribution is -2.50. The SMILES string of the molecule is CCCC[N+](CCCC)(CCCC)CCCC.CCCC[N+](CCCC)(CCCC)CCCC.Cc1cc(Cl)ccc1C(CCCOB([O-])[O-])(c1ccc(Cl)cc1C)c1ccc(Cl)cc1C. The zero-order valence-corrected chi connectivity index (χ0v) is 46.4. The number of aryl methyl sites for hydroxylation is 3. The maximum Gasteiger partial charge on any atom is 0.0786 e. The highest BCUT2D eigenvalue weighted by Gasteiger charge is 2.39. The molecule has 0 aliphatic carbocycles. The van der Waals surface area contributed by atoms with E-state index in [1.807, 2.05) is 75.4 Å². The van der Waals surface area contributed by atoms with Crippen LogP contribution in [0.5, 0.6) is 0 Å². The highest BCUT2D eigenvalue weighted by atomic mass is 35.5. The average Bonchev–Trinajstić information content (AvgIpc) is 3.29. The second-order valence-electron chi connectivity index (χ2n) is 19.3. The summed E-state index contributed by atoms with van der Waals surface area (Å²) < 4.78 is 7.66. The summed E-state index contributed by atoms with van der Waals surface area (Å²) in [5.74, 6) is 0. The molecule has 0 spiro atoms. The molecule has 0 bridgehead atoms. The Hall–Kier alpha value is -1.61. The van der Waals surface area contributed by atoms with Crippen LogP contribution in [0.15, 0.2) is 54.6 Å². The molecule has 376 valence electrons. The number of nitrogens with zero attached hydrogens (tertiary/aromatic N) is 2. The van der Waals surface area contributed by atoms with Crippen molar-refractivity contribution in [2.75, 3.05) is 59.0 Å². The smallest absolute Gasteiger partial charge is 0.0786 e. The quantitative estimate of drug-likeness (QED) is 0.0271. The third-order valence-corrected chi connectivity index (χ3v) is 14.5. The van der Waals surface area contributed by atoms with Crippen LogP contribution in [0.3, 0.4) is 0 Å². The van der Waals surface area contributed by atoms with Crippen molar-refractivity contribution in [1.29, 1.82) is 0 Å². The fourth-order valence-electron chi connectivity index (χ4n) is 9.96. The van der Waals surface area contributed by atoms with Crippen LogP contribution in [0.25, 0.3) is 0 Å². The van der Waals surface area contributed by atoms with Crippen molar-refractivity contribution < 1.29 is 23.7 Å². The van der Waals surface area contributed by atoms with Gasteiger partial charge in [0.2, 0.25) is 0 Å². The molecule has 0 heterocycles. The molecular weight excluding hydrogens is 878 g/mol. The van der Waals surface area contributed by atoms with E-state index >= 15 is 0 Å². The summed E-state index contributed by atoms with van der Waals surface area (Å²) in [6, 6.07) is 17.6. The molecule has 3 rings (SSSR count). The van der Waals surface area contributed by atoms with Crippen molar-refractivity contribution in [3.63, 3.8) is 0 Å². The average molecular weight is 975 g/mol. The minimum Gasteiger partial charge on any atom is -0.871 e. The Morgan fingerprint density at radius 1 is 0.424 bits per heavy atom. The lowest BCUT2D eigenvalue weighted by Gasteiger charge is -2.40. The molecule has 0 saturated heterocycles. The molecule has 9 heteroatoms. The first-order valence-electron chi connectivity index (χ1n) is 26.6. The first-order valence-corrected chi connectivity index (χ1v) is 27.7. The predicted molar refractivity (Wildman–Crippen MR) is 288 cm³/mol. The van der Waals surface area contributed by atoms with Crippen LogP contribution in [-0.2, 0) is 10.1 Å². The normalized spacial score (nSPS) is 11.8. The lowest BCUT2D eigenvalue weighted by molar-refractivity contribution is -0.929. The van der Waals surface area contributed by atoms with Gasteiger partial charge in [-0.1, -0.05) is 160 Å². The second-order valence-corrected chi connectivity index (χ2v) is 20.7. The van der Waals surface area contributed by atoms with Gasteiger partial charge in [0.25, 0.3) is 0 Å². The van der Waals surface area contributed by atoms with Gasteiger partial charge in [0.15, 0.2) is 0 Å². The number of benzene rings is 3. The second kappa shape index (κ2) is 35.5. The maximum atomic E-state index is 10.9. The molecule has 3 aromatic rings. The van der Waals surface area contributed by atoms with Crippen LogP contribution >= 0.6 is 34.8 Å². The summed E-state index contributed by atoms with van der Waals surface area (Å²) in [7, 11) is -2.30. The fraction of sp³-hybridized carbons (Fsp3) is 0.684. The largest absolute Gasteiger partial charge is 0.871 e. The van der Waals surface area contributed by atoms with Gasteiger partial charge < -0.3 is 23.7 Å². The molecule has 5 nitrogen and oxygen atoms in total. The van der Waals surface area contributed by atoms with E-state index in [-0.39, 0.29) is 6.61 Å². The van der Waals surface area contributed by atoms with Gasteiger partial charge in [0.05, 0.1) is 59.7 Å². The van der Waals surface area contributed by atoms with E-state index in [0.717, 1.165) is 33.4 Å². The van der Waals surface area contributed by atoms with Crippen molar-refractivity contribution in [2.45, 2.75) is 197 Å². The van der Waals surface area contributed by atoms with E-state index in [9.17, 15) is 10.0 Å². The minimum atomic E-state index is -2.30. The minimum absolute atomic E-state index is 0.0747. The number of hydrogen-bond acceptors (Lipinski definition) is 3. The van der Waals surface area contributed by atoms with Crippen LogP contribution in [0, 0.1) is 20.8 Å². The van der Waals surface area contributed by atoms with Gasteiger partial charge in [-0.25, -0.2) is 0 Å². The number of unbranched alkanes of at least 4 members (excludes halogenated alkanes) is 8. The van der Waals surface area contributed by atoms with Gasteiger partial charge in [-0.15, -0.1) is 0 Å². The molecule has 0 atom stereocenters. The first kappa shape index (κ1) is 62.4. The van der Waals surface area contributed by atoms with Gasteiger partial charge in [-0.3, -0.25) is 0 Å². The van der Waals surface area contributed by atoms with E-state index < -0.39 is 12.7 Å². The third kappa shape index (κ3) is 22.0. The molecule has 0 aromatic heterocycles. The summed E-state index contributed by atoms with van der Waals surface area (Å²) in [6.07, 6.45) is 23.2. The molecule has 0 unspecified atom stereocenters. The van der Waals surface area contributed by atoms with E-state index in [4.69, 9.17) is 39.5 Å². The van der Waals surface area contributed by atoms with Crippen LogP contribution in [-0.4, -0.2) is 75.3 Å². The standard InChI is InChI=1S/C25H24BCl3O3.2C16H36N/c1-16-13-19(27)5-8-22(16)25(11-4-12-32-26(30)31,23-9-6-20(28)14-17(23)2)24-10-7-21(29)15-18(24)3;2*1-5-9-13-17(14-10-6-2,15-11-7-3)16-12-8-4/h5-10,13-15H,4,11-12H2,1-3H3;2*5-16H2,1-4H3/q-2;2*+1. The van der Waals surface area contributed by atoms with Crippen molar-refractivity contribution in [1.82, 2.24) is 0 Å². The number of rotatable bonds is 32. The van der Waals surface area contributed by atoms with Crippen LogP contribution in [0.1, 0.15) is 204 Å². The van der Waals surface area contributed by atoms with Gasteiger partial charge >= 0.3 is 0 Å². The molecule has 66 heavy (non-hydrogen) atoms. The predicted octanol–water partition coefficient (Wildman–Crippen LogP) is 15.4. The van der Waals surface area contributed by atoms with E-state index in [1.54, 1.807) is 0 Å². The van der Waals surface area contributed by atoms with Gasteiger partial charge in [-0.2, -0.15) is 0 Å². The Bertz CT molecular complexity index is 1470. The topological polar surface area (TPSA) is 55.3 Å². The maximum absolute atomic E-state index is 10.9. The molecule has 3 aromatic carbocycles. The van der Waals surface area contributed by atoms with Crippen molar-refractivity contribution in [2.24, 2.45) is 0 Å². The van der Waals surface area contributed by atoms with Gasteiger partial charge in [0, 0.05) is 27.1 Å². The Kier molecular flexibility index (Phi) is 33.6. The number of quaternary nitrogens is 2. The Morgan fingerprint density at radius 3 is 0.864 bits per heavy atom. The highest BCUT2D eigenvalue weighted by Crippen LogP contribution is 2.48. The molecule has 0 amide bonds. The summed E-state index contributed by atoms with van der Waals surface area (Å²) >= 11 is 18.9. The van der Waals surface area contributed by atoms with E-state index in [2.05, 4.69) is 55.4 Å². The van der Waals surface area contributed by atoms with Crippen molar-refractivity contribution in [3.8, 4) is 0 Å². The molecule has 0 N–H and O–H groups in total. The Labute approximate surface area is 422 Å². The zero-order chi connectivity index (χ0) is 49.4. The summed E-state index contributed by atoms with van der Waals surface area (Å²) in [5, 5.41) is 23.8. The zero-order valence-electron chi connectivity index (χ0n) is 44.1. The van der Waals surface area contributed by atoms with Crippen LogP contribution < -0.4 is 10.0 Å². The Balaban J connectivity index is 0.000000546. The van der Waals surface area contributed by atoms with E-state index in [0.29, 0.717) is 27.9 Å². The fourth-order valence-corrected chi connectivity index (χ4v) is 10.6. The first-order chi connectivity index (χ1) is 31.6. The summed E-state index contributed by atoms with van der Waals surface area (Å²) in [6.45, 7) is 36.2. The van der Waals surface area contributed by atoms with Gasteiger partial charge in [-0.05, 0) is 155 Å². The van der Waals surface area contributed by atoms with E-state index in [1.165, 1.54) is 164 Å². The summed E-state index contributed by atoms with van der Waals surface area (Å²) in [4.78, 5) is 0. The molecule has 0 radical (unpaired) electrons. The third-order valence-electron chi connectivity index (χ3n) is 13.8. The van der Waals surface area contributed by atoms with Crippen molar-refractivity contribution >= 4 is 42.1 Å². The molecule has 0 aliphatic rings. The highest BCUT2D eigenvalue weighted by molar-refractivity contribution is 6.31. The molecule has 0 saturated carbocycles. The molecule has 0 aliphatic heterocycles. The van der Waals surface area contributed by atoms with Crippen molar-refractivity contribution in [3.05, 3.63) is 103 Å². The van der Waals surface area contributed by atoms with Crippen LogP contribution in [0.4, 0.5) is 0 Å². The molecular formula is C57H96BCl3N2O3. The number of hydrogen-bond donors (Lipinski definition) is 0. The number of halogens is 3. The van der Waals surface area contributed by atoms with Crippen LogP contribution in [0.2, 0.25) is 15.1 Å². The molecule has 0 fully saturated rings. The lowest BCUT2D eigenvalue weighted by atomic mass is 9.63. The Morgan fingerprint density at radius 2 is 0.667 bits per heavy atom. The van der Waals surface area contributed by atoms with Gasteiger partial charge in [0.1, 0.15) is 0 Å².